The Balaban J connectivity index is 1.52. The van der Waals surface area contributed by atoms with E-state index in [1.807, 2.05) is 49.4 Å². The number of ketones is 1. The van der Waals surface area contributed by atoms with E-state index in [0.717, 1.165) is 52.7 Å². The van der Waals surface area contributed by atoms with Crippen molar-refractivity contribution in [2.45, 2.75) is 69.8 Å². The smallest absolute Gasteiger partial charge is 0.315 e. The van der Waals surface area contributed by atoms with Gasteiger partial charge in [0.1, 0.15) is 12.0 Å². The van der Waals surface area contributed by atoms with E-state index in [1.54, 1.807) is 0 Å². The van der Waals surface area contributed by atoms with Crippen LogP contribution in [0.2, 0.25) is 0 Å². The number of hydrogen-bond acceptors (Lipinski definition) is 4. The Kier molecular flexibility index (Phi) is 6.82. The first-order valence-electron chi connectivity index (χ1n) is 12.3. The summed E-state index contributed by atoms with van der Waals surface area (Å²) >= 11 is 3.51. The maximum Gasteiger partial charge on any atom is 0.315 e. The normalized spacial score (nSPS) is 25.5. The van der Waals surface area contributed by atoms with Crippen LogP contribution in [0.25, 0.3) is 0 Å². The predicted octanol–water partition coefficient (Wildman–Crippen LogP) is 6.90. The highest BCUT2D eigenvalue weighted by Crippen LogP contribution is 2.47. The van der Waals surface area contributed by atoms with Crippen molar-refractivity contribution in [2.24, 2.45) is 10.9 Å². The van der Waals surface area contributed by atoms with Crippen LogP contribution in [0.1, 0.15) is 74.8 Å². The number of halogens is 1. The van der Waals surface area contributed by atoms with Crippen molar-refractivity contribution < 1.29 is 14.3 Å². The van der Waals surface area contributed by atoms with E-state index in [0.29, 0.717) is 18.4 Å². The van der Waals surface area contributed by atoms with Gasteiger partial charge in [0.2, 0.25) is 0 Å². The van der Waals surface area contributed by atoms with Gasteiger partial charge in [-0.1, -0.05) is 64.8 Å². The van der Waals surface area contributed by atoms with Crippen LogP contribution >= 0.6 is 15.9 Å². The van der Waals surface area contributed by atoms with Crippen LogP contribution in [0, 0.1) is 5.92 Å². The summed E-state index contributed by atoms with van der Waals surface area (Å²) in [7, 11) is 0. The molecule has 0 spiro atoms. The number of esters is 1. The van der Waals surface area contributed by atoms with E-state index in [1.165, 1.54) is 6.42 Å². The Hall–Kier alpha value is -2.53. The maximum absolute atomic E-state index is 13.6. The van der Waals surface area contributed by atoms with E-state index in [-0.39, 0.29) is 29.7 Å². The maximum atomic E-state index is 13.6. The lowest BCUT2D eigenvalue weighted by atomic mass is 9.69. The number of carbonyl (C=O) groups excluding carboxylic acids is 2. The number of rotatable bonds is 4. The van der Waals surface area contributed by atoms with Gasteiger partial charge in [-0.15, -0.1) is 0 Å². The lowest BCUT2D eigenvalue weighted by Crippen LogP contribution is -2.39. The van der Waals surface area contributed by atoms with E-state index in [4.69, 9.17) is 9.73 Å². The fourth-order valence-electron chi connectivity index (χ4n) is 5.78. The first kappa shape index (κ1) is 23.2. The molecule has 2 aromatic carbocycles. The minimum atomic E-state index is -0.570. The number of hydrogen-bond donors (Lipinski definition) is 0. The largest absolute Gasteiger partial charge is 0.462 e. The van der Waals surface area contributed by atoms with Crippen molar-refractivity contribution in [1.29, 1.82) is 0 Å². The van der Waals surface area contributed by atoms with Crippen molar-refractivity contribution in [2.75, 3.05) is 0 Å². The third-order valence-electron chi connectivity index (χ3n) is 7.48. The highest BCUT2D eigenvalue weighted by Gasteiger charge is 2.45. The molecule has 1 aliphatic heterocycles. The fraction of sp³-hybridized carbons (Fsp3) is 0.414. The fourth-order valence-corrected chi connectivity index (χ4v) is 6.04. The average Bonchev–Trinajstić information content (AvgIpc) is 2.84. The van der Waals surface area contributed by atoms with Gasteiger partial charge >= 0.3 is 5.97 Å². The van der Waals surface area contributed by atoms with Crippen LogP contribution < -0.4 is 0 Å². The number of ether oxygens (including phenoxy) is 1. The van der Waals surface area contributed by atoms with E-state index < -0.39 is 5.92 Å². The molecule has 0 amide bonds. The molecular weight excluding hydrogens is 490 g/mol. The van der Waals surface area contributed by atoms with Crippen molar-refractivity contribution in [1.82, 2.24) is 0 Å². The van der Waals surface area contributed by atoms with Crippen LogP contribution in [0.15, 0.2) is 75.3 Å². The van der Waals surface area contributed by atoms with Gasteiger partial charge in [0.25, 0.3) is 0 Å². The summed E-state index contributed by atoms with van der Waals surface area (Å²) in [5.74, 6) is -0.972. The summed E-state index contributed by atoms with van der Waals surface area (Å²) in [5.41, 5.74) is 4.40. The van der Waals surface area contributed by atoms with Gasteiger partial charge in [-0.25, -0.2) is 0 Å². The SMILES string of the molecule is CC1=NC2=C(C(=O)C[C@@H](c3ccccc3)C2)[C@H](c2ccc(Br)cc2)C1C(=O)OC1CCCCC1. The third kappa shape index (κ3) is 4.68. The standard InChI is InChI=1S/C29H30BrNO3/c1-18-26(29(33)34-23-10-6-3-7-11-23)27(20-12-14-22(30)15-13-20)28-24(31-18)16-21(17-25(28)32)19-8-4-2-5-9-19/h2,4-5,8-9,12-15,21,23,26-27H,3,6-7,10-11,16-17H2,1H3/t21-,26?,27+/m0/s1. The summed E-state index contributed by atoms with van der Waals surface area (Å²) in [6.07, 6.45) is 6.36. The first-order chi connectivity index (χ1) is 16.5. The van der Waals surface area contributed by atoms with Gasteiger partial charge in [0.05, 0.1) is 0 Å². The topological polar surface area (TPSA) is 55.7 Å². The number of benzene rings is 2. The van der Waals surface area contributed by atoms with Crippen LogP contribution in [0.4, 0.5) is 0 Å². The number of nitrogens with zero attached hydrogens (tertiary/aromatic N) is 1. The molecule has 0 aromatic heterocycles. The molecule has 34 heavy (non-hydrogen) atoms. The number of Topliss-reactive ketones (excluding diaryl/α,β-unsaturated/α-hetero) is 1. The summed E-state index contributed by atoms with van der Waals surface area (Å²) in [5, 5.41) is 0. The van der Waals surface area contributed by atoms with Crippen LogP contribution in [-0.4, -0.2) is 23.6 Å². The second-order valence-corrected chi connectivity index (χ2v) is 10.7. The molecule has 0 bridgehead atoms. The molecule has 1 unspecified atom stereocenters. The van der Waals surface area contributed by atoms with Gasteiger partial charge < -0.3 is 4.74 Å². The average molecular weight is 520 g/mol. The zero-order chi connectivity index (χ0) is 23.7. The van der Waals surface area contributed by atoms with Gasteiger partial charge in [0.15, 0.2) is 5.78 Å². The van der Waals surface area contributed by atoms with Crippen molar-refractivity contribution in [3.63, 3.8) is 0 Å². The molecule has 1 saturated carbocycles. The molecule has 1 fully saturated rings. The Morgan fingerprint density at radius 1 is 0.941 bits per heavy atom. The zero-order valence-electron chi connectivity index (χ0n) is 19.5. The van der Waals surface area contributed by atoms with Crippen molar-refractivity contribution in [3.8, 4) is 0 Å². The first-order valence-corrected chi connectivity index (χ1v) is 13.1. The molecule has 5 heteroatoms. The summed E-state index contributed by atoms with van der Waals surface area (Å²) in [6.45, 7) is 1.92. The monoisotopic (exact) mass is 519 g/mol. The summed E-state index contributed by atoms with van der Waals surface area (Å²) in [4.78, 5) is 32.1. The molecule has 0 N–H and O–H groups in total. The molecule has 0 radical (unpaired) electrons. The number of carbonyl (C=O) groups is 2. The highest BCUT2D eigenvalue weighted by molar-refractivity contribution is 9.10. The molecule has 3 aliphatic rings. The zero-order valence-corrected chi connectivity index (χ0v) is 21.1. The van der Waals surface area contributed by atoms with Gasteiger partial charge in [-0.2, -0.15) is 0 Å². The molecule has 1 heterocycles. The Bertz CT molecular complexity index is 1130. The second-order valence-electron chi connectivity index (χ2n) is 9.76. The van der Waals surface area contributed by atoms with Crippen molar-refractivity contribution in [3.05, 3.63) is 81.5 Å². The number of aliphatic imine (C=N–C) groups is 1. The third-order valence-corrected chi connectivity index (χ3v) is 8.01. The van der Waals surface area contributed by atoms with Crippen LogP contribution in [0.5, 0.6) is 0 Å². The van der Waals surface area contributed by atoms with Crippen molar-refractivity contribution >= 4 is 33.4 Å². The molecule has 4 nitrogen and oxygen atoms in total. The van der Waals surface area contributed by atoms with Crippen LogP contribution in [-0.2, 0) is 14.3 Å². The summed E-state index contributed by atoms with van der Waals surface area (Å²) < 4.78 is 6.98. The molecule has 176 valence electrons. The van der Waals surface area contributed by atoms with E-state index in [9.17, 15) is 9.59 Å². The predicted molar refractivity (Wildman–Crippen MR) is 137 cm³/mol. The highest BCUT2D eigenvalue weighted by atomic mass is 79.9. The Labute approximate surface area is 209 Å². The quantitative estimate of drug-likeness (QED) is 0.412. The molecule has 5 rings (SSSR count). The summed E-state index contributed by atoms with van der Waals surface area (Å²) in [6, 6.07) is 18.2. The minimum Gasteiger partial charge on any atom is -0.462 e. The van der Waals surface area contributed by atoms with Gasteiger partial charge in [-0.05, 0) is 68.2 Å². The van der Waals surface area contributed by atoms with Crippen LogP contribution in [0.3, 0.4) is 0 Å². The number of allylic oxidation sites excluding steroid dienone is 2. The molecule has 0 saturated heterocycles. The molecular formula is C29H30BrNO3. The lowest BCUT2D eigenvalue weighted by molar-refractivity contribution is -0.153. The molecule has 2 aliphatic carbocycles. The molecule has 2 aromatic rings. The Morgan fingerprint density at radius 2 is 1.65 bits per heavy atom. The Morgan fingerprint density at radius 3 is 2.35 bits per heavy atom. The van der Waals surface area contributed by atoms with E-state index >= 15 is 0 Å². The van der Waals surface area contributed by atoms with E-state index in [2.05, 4.69) is 28.1 Å². The second kappa shape index (κ2) is 9.99. The molecule has 3 atom stereocenters. The van der Waals surface area contributed by atoms with Gasteiger partial charge in [0, 0.05) is 33.8 Å². The lowest BCUT2D eigenvalue weighted by Gasteiger charge is -2.37. The van der Waals surface area contributed by atoms with Gasteiger partial charge in [-0.3, -0.25) is 14.6 Å². The minimum absolute atomic E-state index is 0.0282.